The molecule has 0 aromatic carbocycles. The number of rotatable bonds is 2. The Hall–Kier alpha value is -1.58. The molecule has 0 aliphatic heterocycles. The Morgan fingerprint density at radius 1 is 0.917 bits per heavy atom. The van der Waals surface area contributed by atoms with Gasteiger partial charge < -0.3 is 10.2 Å². The average molecular weight is 168 g/mol. The monoisotopic (exact) mass is 168 g/mol. The predicted molar refractivity (Wildman–Crippen MR) is 40.5 cm³/mol. The molecular weight excluding hydrogens is 160 g/mol. The van der Waals surface area contributed by atoms with E-state index in [4.69, 9.17) is 10.2 Å². The van der Waals surface area contributed by atoms with Gasteiger partial charge in [0, 0.05) is 0 Å². The maximum atomic E-state index is 10.5. The zero-order valence-electron chi connectivity index (χ0n) is 6.18. The highest BCUT2D eigenvalue weighted by atomic mass is 16.4. The summed E-state index contributed by atoms with van der Waals surface area (Å²) in [5.74, 6) is -4.09. The lowest BCUT2D eigenvalue weighted by Crippen LogP contribution is -2.27. The van der Waals surface area contributed by atoms with Gasteiger partial charge in [0.1, 0.15) is 0 Å². The molecule has 0 saturated carbocycles. The van der Waals surface area contributed by atoms with Crippen LogP contribution in [-0.4, -0.2) is 22.2 Å². The van der Waals surface area contributed by atoms with E-state index in [2.05, 4.69) is 0 Å². The molecule has 2 atom stereocenters. The van der Waals surface area contributed by atoms with Crippen molar-refractivity contribution in [1.82, 2.24) is 0 Å². The maximum Gasteiger partial charge on any atom is 0.311 e. The third kappa shape index (κ3) is 1.53. The molecule has 1 aliphatic rings. The Morgan fingerprint density at radius 2 is 1.25 bits per heavy atom. The fourth-order valence-corrected chi connectivity index (χ4v) is 1.08. The smallest absolute Gasteiger partial charge is 0.311 e. The minimum Gasteiger partial charge on any atom is -0.481 e. The summed E-state index contributed by atoms with van der Waals surface area (Å²) in [5.41, 5.74) is 0. The van der Waals surface area contributed by atoms with E-state index in [1.54, 1.807) is 0 Å². The van der Waals surface area contributed by atoms with Gasteiger partial charge in [-0.3, -0.25) is 9.59 Å². The molecule has 0 heterocycles. The van der Waals surface area contributed by atoms with Crippen LogP contribution in [0.5, 0.6) is 0 Å². The van der Waals surface area contributed by atoms with Crippen molar-refractivity contribution in [2.24, 2.45) is 11.8 Å². The third-order valence-corrected chi connectivity index (χ3v) is 1.71. The maximum absolute atomic E-state index is 10.5. The molecule has 1 rings (SSSR count). The summed E-state index contributed by atoms with van der Waals surface area (Å²) < 4.78 is 0. The molecule has 0 spiro atoms. The van der Waals surface area contributed by atoms with E-state index in [9.17, 15) is 9.59 Å². The van der Waals surface area contributed by atoms with E-state index in [1.807, 2.05) is 0 Å². The van der Waals surface area contributed by atoms with Crippen LogP contribution >= 0.6 is 0 Å². The van der Waals surface area contributed by atoms with E-state index in [0.29, 0.717) is 0 Å². The number of hydrogen-bond donors (Lipinski definition) is 2. The summed E-state index contributed by atoms with van der Waals surface area (Å²) in [5, 5.41) is 17.2. The van der Waals surface area contributed by atoms with Crippen LogP contribution in [0.2, 0.25) is 0 Å². The summed E-state index contributed by atoms with van der Waals surface area (Å²) in [7, 11) is 0. The highest BCUT2D eigenvalue weighted by Crippen LogP contribution is 2.19. The second-order valence-corrected chi connectivity index (χ2v) is 2.50. The zero-order valence-corrected chi connectivity index (χ0v) is 6.18. The molecule has 12 heavy (non-hydrogen) atoms. The van der Waals surface area contributed by atoms with Crippen molar-refractivity contribution in [3.8, 4) is 0 Å². The van der Waals surface area contributed by atoms with Crippen molar-refractivity contribution >= 4 is 11.9 Å². The van der Waals surface area contributed by atoms with Crippen LogP contribution in [0.4, 0.5) is 0 Å². The number of carboxylic acids is 2. The second-order valence-electron chi connectivity index (χ2n) is 2.50. The van der Waals surface area contributed by atoms with Gasteiger partial charge in [0.15, 0.2) is 0 Å². The SMILES string of the molecule is O=C(O)[C@@H]1C=CC=C[C@H]1C(=O)O. The summed E-state index contributed by atoms with van der Waals surface area (Å²) in [6.07, 6.45) is 5.83. The lowest BCUT2D eigenvalue weighted by Gasteiger charge is -2.15. The minimum atomic E-state index is -1.11. The van der Waals surface area contributed by atoms with Crippen LogP contribution < -0.4 is 0 Å². The van der Waals surface area contributed by atoms with Crippen LogP contribution in [-0.2, 0) is 9.59 Å². The fraction of sp³-hybridized carbons (Fsp3) is 0.250. The van der Waals surface area contributed by atoms with Gasteiger partial charge in [-0.15, -0.1) is 0 Å². The van der Waals surface area contributed by atoms with E-state index >= 15 is 0 Å². The highest BCUT2D eigenvalue weighted by molar-refractivity contribution is 5.83. The molecule has 0 fully saturated rings. The van der Waals surface area contributed by atoms with Crippen LogP contribution in [0.25, 0.3) is 0 Å². The molecule has 0 radical (unpaired) electrons. The van der Waals surface area contributed by atoms with Crippen molar-refractivity contribution < 1.29 is 19.8 Å². The van der Waals surface area contributed by atoms with Crippen LogP contribution in [0.1, 0.15) is 0 Å². The van der Waals surface area contributed by atoms with Gasteiger partial charge >= 0.3 is 11.9 Å². The molecule has 0 unspecified atom stereocenters. The molecule has 0 amide bonds. The molecule has 4 heteroatoms. The lowest BCUT2D eigenvalue weighted by molar-refractivity contribution is -0.149. The highest BCUT2D eigenvalue weighted by Gasteiger charge is 2.30. The first-order valence-corrected chi connectivity index (χ1v) is 3.43. The Kier molecular flexibility index (Phi) is 2.28. The van der Waals surface area contributed by atoms with Crippen molar-refractivity contribution in [2.75, 3.05) is 0 Å². The van der Waals surface area contributed by atoms with E-state index < -0.39 is 23.8 Å². The number of carbonyl (C=O) groups is 2. The Bertz CT molecular complexity index is 236. The van der Waals surface area contributed by atoms with E-state index in [0.717, 1.165) is 0 Å². The molecule has 0 aromatic heterocycles. The first kappa shape index (κ1) is 8.52. The third-order valence-electron chi connectivity index (χ3n) is 1.71. The largest absolute Gasteiger partial charge is 0.481 e. The average Bonchev–Trinajstić information content (AvgIpc) is 2.04. The standard InChI is InChI=1S/C8H8O4/c9-7(10)5-3-1-2-4-6(5)8(11)12/h1-6H,(H,9,10)(H,11,12)/t5-,6-/m1/s1. The first-order chi connectivity index (χ1) is 5.63. The first-order valence-electron chi connectivity index (χ1n) is 3.43. The summed E-state index contributed by atoms with van der Waals surface area (Å²) in [6.45, 7) is 0. The van der Waals surface area contributed by atoms with E-state index in [1.165, 1.54) is 24.3 Å². The normalized spacial score (nSPS) is 27.0. The van der Waals surface area contributed by atoms with Crippen LogP contribution in [0.15, 0.2) is 24.3 Å². The predicted octanol–water partition coefficient (Wildman–Crippen LogP) is 0.514. The Morgan fingerprint density at radius 3 is 1.50 bits per heavy atom. The fourth-order valence-electron chi connectivity index (χ4n) is 1.08. The van der Waals surface area contributed by atoms with Gasteiger partial charge in [-0.2, -0.15) is 0 Å². The summed E-state index contributed by atoms with van der Waals surface area (Å²) >= 11 is 0. The van der Waals surface area contributed by atoms with Crippen LogP contribution in [0, 0.1) is 11.8 Å². The number of carboxylic acid groups (broad SMARTS) is 2. The van der Waals surface area contributed by atoms with Crippen LogP contribution in [0.3, 0.4) is 0 Å². The van der Waals surface area contributed by atoms with Gasteiger partial charge in [0.25, 0.3) is 0 Å². The Balaban J connectivity index is 2.85. The topological polar surface area (TPSA) is 74.6 Å². The van der Waals surface area contributed by atoms with Gasteiger partial charge in [-0.05, 0) is 0 Å². The van der Waals surface area contributed by atoms with Crippen molar-refractivity contribution in [2.45, 2.75) is 0 Å². The number of allylic oxidation sites excluding steroid dienone is 2. The van der Waals surface area contributed by atoms with Gasteiger partial charge in [-0.25, -0.2) is 0 Å². The molecule has 0 aromatic rings. The number of hydrogen-bond acceptors (Lipinski definition) is 2. The number of aliphatic carboxylic acids is 2. The molecular formula is C8H8O4. The second kappa shape index (κ2) is 3.21. The molecule has 1 aliphatic carbocycles. The summed E-state index contributed by atoms with van der Waals surface area (Å²) in [4.78, 5) is 21.0. The molecule has 0 bridgehead atoms. The van der Waals surface area contributed by atoms with Gasteiger partial charge in [-0.1, -0.05) is 24.3 Å². The summed E-state index contributed by atoms with van der Waals surface area (Å²) in [6, 6.07) is 0. The molecule has 0 saturated heterocycles. The van der Waals surface area contributed by atoms with Crippen molar-refractivity contribution in [1.29, 1.82) is 0 Å². The molecule has 4 nitrogen and oxygen atoms in total. The van der Waals surface area contributed by atoms with Crippen molar-refractivity contribution in [3.05, 3.63) is 24.3 Å². The van der Waals surface area contributed by atoms with E-state index in [-0.39, 0.29) is 0 Å². The zero-order chi connectivity index (χ0) is 9.14. The molecule has 64 valence electrons. The quantitative estimate of drug-likeness (QED) is 0.630. The Labute approximate surface area is 68.8 Å². The lowest BCUT2D eigenvalue weighted by atomic mass is 9.89. The van der Waals surface area contributed by atoms with Gasteiger partial charge in [0.05, 0.1) is 11.8 Å². The molecule has 2 N–H and O–H groups in total. The minimum absolute atomic E-state index is 0.938. The van der Waals surface area contributed by atoms with Crippen molar-refractivity contribution in [3.63, 3.8) is 0 Å². The van der Waals surface area contributed by atoms with Gasteiger partial charge in [0.2, 0.25) is 0 Å².